The molecule has 1 N–H and O–H groups in total. The fourth-order valence-corrected chi connectivity index (χ4v) is 4.82. The predicted octanol–water partition coefficient (Wildman–Crippen LogP) is 5.14. The van der Waals surface area contributed by atoms with E-state index in [2.05, 4.69) is 10.2 Å². The van der Waals surface area contributed by atoms with Gasteiger partial charge in [0.25, 0.3) is 0 Å². The molecule has 2 aliphatic rings. The molecule has 0 unspecified atom stereocenters. The normalized spacial score (nSPS) is 18.4. The lowest BCUT2D eigenvalue weighted by Crippen LogP contribution is -2.38. The first-order valence-electron chi connectivity index (χ1n) is 11.2. The van der Waals surface area contributed by atoms with E-state index in [1.165, 1.54) is 32.0 Å². The fraction of sp³-hybridized carbons (Fsp3) is 0.480. The third kappa shape index (κ3) is 4.67. The van der Waals surface area contributed by atoms with Crippen molar-refractivity contribution in [2.24, 2.45) is 0 Å². The van der Waals surface area contributed by atoms with E-state index in [1.54, 1.807) is 12.1 Å². The van der Waals surface area contributed by atoms with Gasteiger partial charge in [-0.2, -0.15) is 0 Å². The number of rotatable bonds is 8. The maximum Gasteiger partial charge on any atom is 0.235 e. The lowest BCUT2D eigenvalue weighted by molar-refractivity contribution is -0.121. The highest BCUT2D eigenvalue weighted by Gasteiger charge is 2.44. The van der Waals surface area contributed by atoms with Crippen LogP contribution in [-0.4, -0.2) is 37.0 Å². The molecule has 1 heterocycles. The monoisotopic (exact) mass is 410 g/mol. The highest BCUT2D eigenvalue weighted by molar-refractivity contribution is 5.99. The Morgan fingerprint density at radius 1 is 1.00 bits per heavy atom. The van der Waals surface area contributed by atoms with Crippen molar-refractivity contribution in [3.8, 4) is 5.75 Å². The highest BCUT2D eigenvalue weighted by Crippen LogP contribution is 2.43. The molecule has 1 aliphatic heterocycles. The van der Waals surface area contributed by atoms with E-state index in [1.807, 2.05) is 30.3 Å². The Balaban J connectivity index is 1.34. The minimum atomic E-state index is -0.782. The lowest BCUT2D eigenvalue weighted by atomic mass is 9.77. The molecule has 1 saturated carbocycles. The van der Waals surface area contributed by atoms with Crippen molar-refractivity contribution >= 4 is 11.6 Å². The zero-order chi connectivity index (χ0) is 20.8. The Labute approximate surface area is 178 Å². The summed E-state index contributed by atoms with van der Waals surface area (Å²) in [4.78, 5) is 15.7. The maximum atomic E-state index is 14.5. The lowest BCUT2D eigenvalue weighted by Gasteiger charge is -2.28. The van der Waals surface area contributed by atoms with Crippen molar-refractivity contribution < 1.29 is 13.9 Å². The number of benzene rings is 2. The van der Waals surface area contributed by atoms with Gasteiger partial charge in [0, 0.05) is 17.8 Å². The molecule has 0 aromatic heterocycles. The maximum absolute atomic E-state index is 14.5. The molecular weight excluding hydrogens is 379 g/mol. The molecule has 30 heavy (non-hydrogen) atoms. The van der Waals surface area contributed by atoms with Crippen LogP contribution in [0.25, 0.3) is 0 Å². The molecule has 1 saturated heterocycles. The number of nitrogens with zero attached hydrogens (tertiary/aromatic N) is 1. The number of hydrogen-bond donors (Lipinski definition) is 1. The fourth-order valence-electron chi connectivity index (χ4n) is 4.82. The number of carbonyl (C=O) groups excluding carboxylic acids is 1. The molecule has 4 nitrogen and oxygen atoms in total. The Bertz CT molecular complexity index is 840. The van der Waals surface area contributed by atoms with E-state index in [9.17, 15) is 9.18 Å². The zero-order valence-corrected chi connectivity index (χ0v) is 17.5. The van der Waals surface area contributed by atoms with Crippen LogP contribution in [0, 0.1) is 5.82 Å². The van der Waals surface area contributed by atoms with Crippen molar-refractivity contribution in [1.29, 1.82) is 0 Å². The van der Waals surface area contributed by atoms with E-state index < -0.39 is 5.41 Å². The molecular formula is C25H31FN2O2. The second-order valence-corrected chi connectivity index (χ2v) is 8.50. The van der Waals surface area contributed by atoms with Crippen LogP contribution < -0.4 is 10.1 Å². The number of nitrogens with one attached hydrogen (secondary N) is 1. The summed E-state index contributed by atoms with van der Waals surface area (Å²) in [5.74, 6) is 0.385. The summed E-state index contributed by atoms with van der Waals surface area (Å²) in [7, 11) is 0. The summed E-state index contributed by atoms with van der Waals surface area (Å²) >= 11 is 0. The van der Waals surface area contributed by atoms with Gasteiger partial charge in [-0.25, -0.2) is 4.39 Å². The SMILES string of the molecule is O=C(Nc1ccc(OCCCN2CCCC2)cc1)C1(c2ccccc2F)CCCC1. The van der Waals surface area contributed by atoms with Gasteiger partial charge in [-0.15, -0.1) is 0 Å². The molecule has 1 aliphatic carbocycles. The Hall–Kier alpha value is -2.40. The van der Waals surface area contributed by atoms with Crippen molar-refractivity contribution in [2.45, 2.75) is 50.4 Å². The van der Waals surface area contributed by atoms with Crippen LogP contribution in [0.15, 0.2) is 48.5 Å². The van der Waals surface area contributed by atoms with Crippen LogP contribution in [-0.2, 0) is 10.2 Å². The standard InChI is InChI=1S/C25H31FN2O2/c26-23-9-2-1-8-22(23)25(14-3-4-15-25)24(29)27-20-10-12-21(13-11-20)30-19-7-18-28-16-5-6-17-28/h1-2,8-13H,3-7,14-19H2,(H,27,29). The van der Waals surface area contributed by atoms with Crippen LogP contribution in [0.4, 0.5) is 10.1 Å². The number of ether oxygens (including phenoxy) is 1. The predicted molar refractivity (Wildman–Crippen MR) is 117 cm³/mol. The smallest absolute Gasteiger partial charge is 0.235 e. The molecule has 0 bridgehead atoms. The molecule has 2 fully saturated rings. The van der Waals surface area contributed by atoms with Crippen molar-refractivity contribution in [3.05, 3.63) is 59.9 Å². The number of hydrogen-bond acceptors (Lipinski definition) is 3. The first-order chi connectivity index (χ1) is 14.7. The zero-order valence-electron chi connectivity index (χ0n) is 17.5. The van der Waals surface area contributed by atoms with Crippen LogP contribution in [0.1, 0.15) is 50.5 Å². The average molecular weight is 411 g/mol. The third-order valence-corrected chi connectivity index (χ3v) is 6.48. The number of carbonyl (C=O) groups is 1. The molecule has 0 atom stereocenters. The van der Waals surface area contributed by atoms with E-state index >= 15 is 0 Å². The van der Waals surface area contributed by atoms with Gasteiger partial charge in [0.1, 0.15) is 11.6 Å². The van der Waals surface area contributed by atoms with Gasteiger partial charge in [-0.3, -0.25) is 4.79 Å². The first-order valence-corrected chi connectivity index (χ1v) is 11.2. The minimum Gasteiger partial charge on any atom is -0.494 e. The Morgan fingerprint density at radius 2 is 1.70 bits per heavy atom. The summed E-state index contributed by atoms with van der Waals surface area (Å²) in [6.45, 7) is 4.20. The topological polar surface area (TPSA) is 41.6 Å². The van der Waals surface area contributed by atoms with Crippen molar-refractivity contribution in [3.63, 3.8) is 0 Å². The minimum absolute atomic E-state index is 0.121. The van der Waals surface area contributed by atoms with Gasteiger partial charge in [0.15, 0.2) is 0 Å². The van der Waals surface area contributed by atoms with E-state index in [0.717, 1.165) is 31.6 Å². The second-order valence-electron chi connectivity index (χ2n) is 8.50. The Kier molecular flexibility index (Phi) is 6.68. The van der Waals surface area contributed by atoms with Gasteiger partial charge in [0.05, 0.1) is 12.0 Å². The molecule has 160 valence electrons. The molecule has 1 amide bonds. The quantitative estimate of drug-likeness (QED) is 0.613. The van der Waals surface area contributed by atoms with Crippen molar-refractivity contribution in [1.82, 2.24) is 4.90 Å². The second kappa shape index (κ2) is 9.61. The number of amides is 1. The summed E-state index contributed by atoms with van der Waals surface area (Å²) in [6, 6.07) is 14.2. The number of anilines is 1. The van der Waals surface area contributed by atoms with E-state index in [4.69, 9.17) is 4.74 Å². The molecule has 5 heteroatoms. The van der Waals surface area contributed by atoms with E-state index in [0.29, 0.717) is 30.7 Å². The van der Waals surface area contributed by atoms with Crippen LogP contribution in [0.3, 0.4) is 0 Å². The van der Waals surface area contributed by atoms with Crippen molar-refractivity contribution in [2.75, 3.05) is 31.6 Å². The summed E-state index contributed by atoms with van der Waals surface area (Å²) in [5.41, 5.74) is 0.445. The average Bonchev–Trinajstić information content (AvgIpc) is 3.46. The summed E-state index contributed by atoms with van der Waals surface area (Å²) in [5, 5.41) is 3.01. The molecule has 2 aromatic rings. The van der Waals surface area contributed by atoms with E-state index in [-0.39, 0.29) is 11.7 Å². The van der Waals surface area contributed by atoms with Crippen LogP contribution in [0.5, 0.6) is 5.75 Å². The molecule has 0 spiro atoms. The number of likely N-dealkylation sites (tertiary alicyclic amines) is 1. The highest BCUT2D eigenvalue weighted by atomic mass is 19.1. The van der Waals surface area contributed by atoms with Gasteiger partial charge >= 0.3 is 0 Å². The molecule has 2 aromatic carbocycles. The molecule has 0 radical (unpaired) electrons. The largest absolute Gasteiger partial charge is 0.494 e. The van der Waals surface area contributed by atoms with Gasteiger partial charge in [0.2, 0.25) is 5.91 Å². The summed E-state index contributed by atoms with van der Waals surface area (Å²) < 4.78 is 20.3. The first kappa shape index (κ1) is 20.9. The van der Waals surface area contributed by atoms with Crippen LogP contribution >= 0.6 is 0 Å². The van der Waals surface area contributed by atoms with Gasteiger partial charge in [-0.05, 0) is 75.5 Å². The number of halogens is 1. The Morgan fingerprint density at radius 3 is 2.40 bits per heavy atom. The molecule has 4 rings (SSSR count). The van der Waals surface area contributed by atoms with Gasteiger partial charge < -0.3 is 15.0 Å². The third-order valence-electron chi connectivity index (χ3n) is 6.48. The summed E-state index contributed by atoms with van der Waals surface area (Å²) in [6.07, 6.45) is 6.87. The van der Waals surface area contributed by atoms with Gasteiger partial charge in [-0.1, -0.05) is 31.0 Å². The van der Waals surface area contributed by atoms with Crippen LogP contribution in [0.2, 0.25) is 0 Å².